The van der Waals surface area contributed by atoms with Crippen LogP contribution < -0.4 is 16.8 Å². The van der Waals surface area contributed by atoms with Gasteiger partial charge in [-0.15, -0.1) is 0 Å². The number of carbonyl (C=O) groups is 2. The molecule has 0 fully saturated rings. The second kappa shape index (κ2) is 8.06. The van der Waals surface area contributed by atoms with Gasteiger partial charge in [0.15, 0.2) is 0 Å². The van der Waals surface area contributed by atoms with Crippen molar-refractivity contribution in [1.82, 2.24) is 5.32 Å². The van der Waals surface area contributed by atoms with Crippen LogP contribution in [-0.4, -0.2) is 35.6 Å². The third kappa shape index (κ3) is 6.36. The maximum atomic E-state index is 11.2. The first-order valence-electron chi connectivity index (χ1n) is 5.48. The number of nitrogens with one attached hydrogen (secondary N) is 1. The van der Waals surface area contributed by atoms with Crippen molar-refractivity contribution in [2.45, 2.75) is 44.7 Å². The van der Waals surface area contributed by atoms with Gasteiger partial charge in [0.2, 0.25) is 5.91 Å². The molecule has 0 aromatic carbocycles. The Morgan fingerprint density at radius 1 is 1.31 bits per heavy atom. The van der Waals surface area contributed by atoms with Gasteiger partial charge in [0, 0.05) is 0 Å². The molecule has 0 aliphatic carbocycles. The van der Waals surface area contributed by atoms with Gasteiger partial charge in [0.25, 0.3) is 0 Å². The van der Waals surface area contributed by atoms with Gasteiger partial charge in [0.1, 0.15) is 6.04 Å². The molecular weight excluding hydrogens is 210 g/mol. The number of carbonyl (C=O) groups excluding carboxylic acids is 1. The van der Waals surface area contributed by atoms with Crippen molar-refractivity contribution in [2.24, 2.45) is 11.5 Å². The van der Waals surface area contributed by atoms with Gasteiger partial charge < -0.3 is 21.9 Å². The molecule has 2 atom stereocenters. The molecule has 16 heavy (non-hydrogen) atoms. The standard InChI is InChI=1S/C10H21N3O3/c1-7(12)9(14)13-8(10(15)16)5-3-2-4-6-11/h7-8H,2-6,11-12H2,1H3,(H,13,14)(H,15,16)/t7-,8-/m0/s1. The fraction of sp³-hybridized carbons (Fsp3) is 0.800. The molecule has 0 rings (SSSR count). The van der Waals surface area contributed by atoms with Crippen LogP contribution in [0.25, 0.3) is 0 Å². The molecule has 0 radical (unpaired) electrons. The smallest absolute Gasteiger partial charge is 0.326 e. The van der Waals surface area contributed by atoms with Crippen LogP contribution in [0.3, 0.4) is 0 Å². The summed E-state index contributed by atoms with van der Waals surface area (Å²) in [6.07, 6.45) is 2.88. The summed E-state index contributed by atoms with van der Waals surface area (Å²) in [4.78, 5) is 22.1. The van der Waals surface area contributed by atoms with Crippen molar-refractivity contribution in [3.8, 4) is 0 Å². The second-order valence-corrected chi connectivity index (χ2v) is 3.83. The van der Waals surface area contributed by atoms with Crippen molar-refractivity contribution in [3.63, 3.8) is 0 Å². The number of aliphatic carboxylic acids is 1. The van der Waals surface area contributed by atoms with Gasteiger partial charge in [0.05, 0.1) is 6.04 Å². The number of nitrogens with two attached hydrogens (primary N) is 2. The summed E-state index contributed by atoms with van der Waals surface area (Å²) in [5, 5.41) is 11.3. The first kappa shape index (κ1) is 14.9. The van der Waals surface area contributed by atoms with Crippen LogP contribution in [0, 0.1) is 0 Å². The van der Waals surface area contributed by atoms with Gasteiger partial charge in [-0.05, 0) is 26.3 Å². The molecule has 0 aliphatic rings. The van der Waals surface area contributed by atoms with E-state index < -0.39 is 24.0 Å². The summed E-state index contributed by atoms with van der Waals surface area (Å²) in [5.74, 6) is -1.46. The molecule has 0 spiro atoms. The summed E-state index contributed by atoms with van der Waals surface area (Å²) >= 11 is 0. The molecule has 0 aromatic rings. The van der Waals surface area contributed by atoms with E-state index in [0.717, 1.165) is 19.3 Å². The van der Waals surface area contributed by atoms with E-state index in [1.807, 2.05) is 0 Å². The fourth-order valence-electron chi connectivity index (χ4n) is 1.23. The van der Waals surface area contributed by atoms with Crippen LogP contribution in [0.4, 0.5) is 0 Å². The minimum absolute atomic E-state index is 0.411. The molecule has 6 nitrogen and oxygen atoms in total. The van der Waals surface area contributed by atoms with Crippen molar-refractivity contribution in [2.75, 3.05) is 6.54 Å². The topological polar surface area (TPSA) is 118 Å². The van der Waals surface area contributed by atoms with Crippen molar-refractivity contribution in [3.05, 3.63) is 0 Å². The number of amides is 1. The zero-order chi connectivity index (χ0) is 12.6. The van der Waals surface area contributed by atoms with E-state index in [9.17, 15) is 9.59 Å². The molecule has 1 amide bonds. The Morgan fingerprint density at radius 3 is 2.38 bits per heavy atom. The Labute approximate surface area is 95.4 Å². The first-order chi connectivity index (χ1) is 7.49. The van der Waals surface area contributed by atoms with Crippen LogP contribution in [-0.2, 0) is 9.59 Å². The zero-order valence-electron chi connectivity index (χ0n) is 9.61. The van der Waals surface area contributed by atoms with E-state index in [0.29, 0.717) is 13.0 Å². The van der Waals surface area contributed by atoms with Gasteiger partial charge >= 0.3 is 5.97 Å². The number of carboxylic acid groups (broad SMARTS) is 1. The highest BCUT2D eigenvalue weighted by Gasteiger charge is 2.20. The van der Waals surface area contributed by atoms with Crippen LogP contribution in [0.1, 0.15) is 32.6 Å². The minimum Gasteiger partial charge on any atom is -0.480 e. The largest absolute Gasteiger partial charge is 0.480 e. The van der Waals surface area contributed by atoms with E-state index in [-0.39, 0.29) is 0 Å². The fourth-order valence-corrected chi connectivity index (χ4v) is 1.23. The molecule has 0 aliphatic heterocycles. The average molecular weight is 231 g/mol. The molecular formula is C10H21N3O3. The van der Waals surface area contributed by atoms with Gasteiger partial charge in [-0.3, -0.25) is 4.79 Å². The molecule has 0 bridgehead atoms. The molecule has 0 aromatic heterocycles. The van der Waals surface area contributed by atoms with E-state index in [4.69, 9.17) is 16.6 Å². The first-order valence-corrected chi connectivity index (χ1v) is 5.48. The monoisotopic (exact) mass is 231 g/mol. The van der Waals surface area contributed by atoms with Crippen molar-refractivity contribution >= 4 is 11.9 Å². The highest BCUT2D eigenvalue weighted by atomic mass is 16.4. The van der Waals surface area contributed by atoms with Crippen LogP contribution in [0.5, 0.6) is 0 Å². The molecule has 0 heterocycles. The number of carboxylic acids is 1. The number of unbranched alkanes of at least 4 members (excludes halogenated alkanes) is 2. The van der Waals surface area contributed by atoms with Crippen molar-refractivity contribution < 1.29 is 14.7 Å². The SMILES string of the molecule is C[C@H](N)C(=O)N[C@@H](CCCCCN)C(=O)O. The number of hydrogen-bond donors (Lipinski definition) is 4. The van der Waals surface area contributed by atoms with Gasteiger partial charge in [-0.25, -0.2) is 4.79 Å². The van der Waals surface area contributed by atoms with E-state index in [2.05, 4.69) is 5.32 Å². The Kier molecular flexibility index (Phi) is 7.49. The van der Waals surface area contributed by atoms with Gasteiger partial charge in [-0.1, -0.05) is 12.8 Å². The predicted octanol–water partition coefficient (Wildman–Crippen LogP) is -0.578. The highest BCUT2D eigenvalue weighted by Crippen LogP contribution is 2.03. The highest BCUT2D eigenvalue weighted by molar-refractivity contribution is 5.86. The zero-order valence-corrected chi connectivity index (χ0v) is 9.61. The van der Waals surface area contributed by atoms with Crippen LogP contribution in [0.2, 0.25) is 0 Å². The molecule has 6 N–H and O–H groups in total. The predicted molar refractivity (Wildman–Crippen MR) is 60.7 cm³/mol. The van der Waals surface area contributed by atoms with Crippen molar-refractivity contribution in [1.29, 1.82) is 0 Å². The van der Waals surface area contributed by atoms with E-state index in [1.165, 1.54) is 6.92 Å². The number of rotatable bonds is 8. The summed E-state index contributed by atoms with van der Waals surface area (Å²) in [6, 6.07) is -1.54. The molecule has 0 saturated heterocycles. The second-order valence-electron chi connectivity index (χ2n) is 3.83. The number of hydrogen-bond acceptors (Lipinski definition) is 4. The summed E-state index contributed by atoms with van der Waals surface area (Å²) in [5.41, 5.74) is 10.7. The summed E-state index contributed by atoms with van der Waals surface area (Å²) < 4.78 is 0. The lowest BCUT2D eigenvalue weighted by molar-refractivity contribution is -0.142. The lowest BCUT2D eigenvalue weighted by atomic mass is 10.1. The van der Waals surface area contributed by atoms with Gasteiger partial charge in [-0.2, -0.15) is 0 Å². The molecule has 0 saturated carbocycles. The maximum Gasteiger partial charge on any atom is 0.326 e. The van der Waals surface area contributed by atoms with E-state index >= 15 is 0 Å². The Morgan fingerprint density at radius 2 is 1.94 bits per heavy atom. The van der Waals surface area contributed by atoms with Crippen LogP contribution >= 0.6 is 0 Å². The summed E-state index contributed by atoms with van der Waals surface area (Å²) in [7, 11) is 0. The lowest BCUT2D eigenvalue weighted by Gasteiger charge is -2.15. The quantitative estimate of drug-likeness (QED) is 0.417. The molecule has 94 valence electrons. The minimum atomic E-state index is -1.03. The Balaban J connectivity index is 3.98. The molecule has 0 unspecified atom stereocenters. The third-order valence-electron chi connectivity index (χ3n) is 2.23. The average Bonchev–Trinajstić information content (AvgIpc) is 2.21. The Hall–Kier alpha value is -1.14. The molecule has 6 heteroatoms. The van der Waals surface area contributed by atoms with Crippen LogP contribution in [0.15, 0.2) is 0 Å². The normalized spacial score (nSPS) is 14.2. The maximum absolute atomic E-state index is 11.2. The third-order valence-corrected chi connectivity index (χ3v) is 2.23. The lowest BCUT2D eigenvalue weighted by Crippen LogP contribution is -2.47. The Bertz CT molecular complexity index is 231. The van der Waals surface area contributed by atoms with E-state index in [1.54, 1.807) is 0 Å². The summed E-state index contributed by atoms with van der Waals surface area (Å²) in [6.45, 7) is 2.12.